The molecule has 3 rings (SSSR count). The maximum atomic E-state index is 12.8. The molecular weight excluding hydrogens is 356 g/mol. The lowest BCUT2D eigenvalue weighted by Gasteiger charge is -2.38. The molecule has 1 atom stereocenters. The van der Waals surface area contributed by atoms with Gasteiger partial charge in [0.25, 0.3) is 11.6 Å². The summed E-state index contributed by atoms with van der Waals surface area (Å²) in [5.74, 6) is 0.274. The maximum absolute atomic E-state index is 12.8. The zero-order valence-corrected chi connectivity index (χ0v) is 15.5. The lowest BCUT2D eigenvalue weighted by molar-refractivity contribution is -0.384. The van der Waals surface area contributed by atoms with Crippen LogP contribution in [-0.4, -0.2) is 16.4 Å². The third-order valence-electron chi connectivity index (χ3n) is 4.33. The van der Waals surface area contributed by atoms with Gasteiger partial charge in [-0.05, 0) is 32.9 Å². The van der Waals surface area contributed by atoms with Crippen LogP contribution in [0.4, 0.5) is 5.69 Å². The lowest BCUT2D eigenvalue weighted by Crippen LogP contribution is -2.41. The molecule has 1 aliphatic rings. The predicted octanol–water partition coefficient (Wildman–Crippen LogP) is 4.59. The number of nitrogens with zero attached hydrogens (tertiary/aromatic N) is 1. The molecule has 2 aromatic carbocycles. The van der Waals surface area contributed by atoms with Crippen LogP contribution in [0.25, 0.3) is 0 Å². The number of aryl methyl sites for hydroxylation is 1. The van der Waals surface area contributed by atoms with Gasteiger partial charge in [-0.3, -0.25) is 14.9 Å². The Morgan fingerprint density at radius 2 is 2.04 bits per heavy atom. The smallest absolute Gasteiger partial charge is 0.270 e. The van der Waals surface area contributed by atoms with Crippen LogP contribution in [0, 0.1) is 17.0 Å². The second kappa shape index (κ2) is 6.61. The third-order valence-corrected chi connectivity index (χ3v) is 4.66. The summed E-state index contributed by atoms with van der Waals surface area (Å²) < 4.78 is 6.00. The fourth-order valence-corrected chi connectivity index (χ4v) is 3.34. The SMILES string of the molecule is Cc1ccc2c(c1)[C@@H](NC(=O)c1cc([N+](=O)[O-])ccc1Cl)CC(C)(C)O2. The standard InChI is InChI=1S/C19H19ClN2O4/c1-11-4-7-17-14(8-11)16(10-19(2,3)26-17)21-18(23)13-9-12(22(24)25)5-6-15(13)20/h4-9,16H,10H2,1-3H3,(H,21,23)/t16-/m0/s1. The van der Waals surface area contributed by atoms with Gasteiger partial charge >= 0.3 is 0 Å². The Bertz CT molecular complexity index is 895. The van der Waals surface area contributed by atoms with Gasteiger partial charge in [-0.1, -0.05) is 29.3 Å². The van der Waals surface area contributed by atoms with Crippen molar-refractivity contribution in [1.29, 1.82) is 0 Å². The number of non-ortho nitro benzene ring substituents is 1. The molecule has 2 aromatic rings. The number of nitrogens with one attached hydrogen (secondary N) is 1. The first-order chi connectivity index (χ1) is 12.2. The predicted molar refractivity (Wildman–Crippen MR) is 98.8 cm³/mol. The van der Waals surface area contributed by atoms with Gasteiger partial charge < -0.3 is 10.1 Å². The summed E-state index contributed by atoms with van der Waals surface area (Å²) in [4.78, 5) is 23.2. The van der Waals surface area contributed by atoms with Gasteiger partial charge in [0.2, 0.25) is 0 Å². The van der Waals surface area contributed by atoms with E-state index in [0.717, 1.165) is 16.9 Å². The topological polar surface area (TPSA) is 81.5 Å². The largest absolute Gasteiger partial charge is 0.487 e. The first-order valence-corrected chi connectivity index (χ1v) is 8.58. The molecular formula is C19H19ClN2O4. The Kier molecular flexibility index (Phi) is 4.63. The van der Waals surface area contributed by atoms with E-state index in [4.69, 9.17) is 16.3 Å². The summed E-state index contributed by atoms with van der Waals surface area (Å²) in [6.07, 6.45) is 0.571. The van der Waals surface area contributed by atoms with Crippen LogP contribution in [0.3, 0.4) is 0 Å². The number of amides is 1. The van der Waals surface area contributed by atoms with E-state index in [-0.39, 0.29) is 22.3 Å². The minimum Gasteiger partial charge on any atom is -0.487 e. The second-order valence-electron chi connectivity index (χ2n) is 7.05. The van der Waals surface area contributed by atoms with Crippen molar-refractivity contribution in [3.8, 4) is 5.75 Å². The molecule has 0 bridgehead atoms. The highest BCUT2D eigenvalue weighted by atomic mass is 35.5. The highest BCUT2D eigenvalue weighted by Gasteiger charge is 2.35. The van der Waals surface area contributed by atoms with Crippen molar-refractivity contribution in [2.45, 2.75) is 38.8 Å². The number of carbonyl (C=O) groups excluding carboxylic acids is 1. The van der Waals surface area contributed by atoms with Crippen LogP contribution >= 0.6 is 11.6 Å². The zero-order chi connectivity index (χ0) is 19.1. The van der Waals surface area contributed by atoms with Crippen molar-refractivity contribution >= 4 is 23.2 Å². The number of benzene rings is 2. The maximum Gasteiger partial charge on any atom is 0.270 e. The number of fused-ring (bicyclic) bond motifs is 1. The first-order valence-electron chi connectivity index (χ1n) is 8.21. The van der Waals surface area contributed by atoms with E-state index in [0.29, 0.717) is 6.42 Å². The molecule has 26 heavy (non-hydrogen) atoms. The van der Waals surface area contributed by atoms with Gasteiger partial charge in [0.15, 0.2) is 0 Å². The molecule has 0 fully saturated rings. The van der Waals surface area contributed by atoms with Crippen molar-refractivity contribution in [1.82, 2.24) is 5.32 Å². The van der Waals surface area contributed by atoms with Crippen LogP contribution in [0.5, 0.6) is 5.75 Å². The zero-order valence-electron chi connectivity index (χ0n) is 14.7. The Hall–Kier alpha value is -2.60. The van der Waals surface area contributed by atoms with Crippen molar-refractivity contribution in [2.24, 2.45) is 0 Å². The van der Waals surface area contributed by atoms with Crippen molar-refractivity contribution in [3.63, 3.8) is 0 Å². The average Bonchev–Trinajstić information content (AvgIpc) is 2.55. The summed E-state index contributed by atoms with van der Waals surface area (Å²) in [5.41, 5.74) is 1.40. The quantitative estimate of drug-likeness (QED) is 0.629. The van der Waals surface area contributed by atoms with E-state index in [1.807, 2.05) is 39.0 Å². The Labute approximate surface area is 156 Å². The van der Waals surface area contributed by atoms with Crippen LogP contribution in [0.2, 0.25) is 5.02 Å². The van der Waals surface area contributed by atoms with Gasteiger partial charge in [0.1, 0.15) is 11.4 Å². The minimum atomic E-state index is -0.552. The molecule has 0 unspecified atom stereocenters. The number of halogens is 1. The summed E-state index contributed by atoms with van der Waals surface area (Å²) in [6.45, 7) is 5.88. The number of hydrogen-bond donors (Lipinski definition) is 1. The van der Waals surface area contributed by atoms with Gasteiger partial charge in [0.05, 0.1) is 21.6 Å². The van der Waals surface area contributed by atoms with E-state index in [2.05, 4.69) is 5.32 Å². The summed E-state index contributed by atoms with van der Waals surface area (Å²) in [5, 5.41) is 14.1. The fourth-order valence-electron chi connectivity index (χ4n) is 3.14. The first kappa shape index (κ1) is 18.2. The number of carbonyl (C=O) groups is 1. The summed E-state index contributed by atoms with van der Waals surface area (Å²) in [6, 6.07) is 9.37. The Balaban J connectivity index is 1.94. The fraction of sp³-hybridized carbons (Fsp3) is 0.316. The molecule has 0 saturated carbocycles. The van der Waals surface area contributed by atoms with E-state index in [1.165, 1.54) is 18.2 Å². The number of nitro groups is 1. The molecule has 136 valence electrons. The van der Waals surface area contributed by atoms with Crippen LogP contribution in [-0.2, 0) is 0 Å². The Morgan fingerprint density at radius 1 is 1.31 bits per heavy atom. The molecule has 7 heteroatoms. The third kappa shape index (κ3) is 3.65. The van der Waals surface area contributed by atoms with Crippen LogP contribution in [0.15, 0.2) is 36.4 Å². The summed E-state index contributed by atoms with van der Waals surface area (Å²) >= 11 is 6.09. The molecule has 0 aromatic heterocycles. The van der Waals surface area contributed by atoms with Crippen molar-refractivity contribution < 1.29 is 14.5 Å². The van der Waals surface area contributed by atoms with Crippen molar-refractivity contribution in [2.75, 3.05) is 0 Å². The summed E-state index contributed by atoms with van der Waals surface area (Å²) in [7, 11) is 0. The normalized spacial score (nSPS) is 17.8. The van der Waals surface area contributed by atoms with E-state index in [1.54, 1.807) is 0 Å². The Morgan fingerprint density at radius 3 is 2.73 bits per heavy atom. The van der Waals surface area contributed by atoms with Crippen LogP contribution < -0.4 is 10.1 Å². The van der Waals surface area contributed by atoms with Gasteiger partial charge in [0, 0.05) is 24.1 Å². The number of nitro benzene ring substituents is 1. The van der Waals surface area contributed by atoms with Crippen molar-refractivity contribution in [3.05, 3.63) is 68.2 Å². The van der Waals surface area contributed by atoms with E-state index >= 15 is 0 Å². The molecule has 0 spiro atoms. The highest BCUT2D eigenvalue weighted by Crippen LogP contribution is 2.40. The molecule has 0 radical (unpaired) electrons. The lowest BCUT2D eigenvalue weighted by atomic mass is 9.88. The molecule has 1 N–H and O–H groups in total. The molecule has 6 nitrogen and oxygen atoms in total. The van der Waals surface area contributed by atoms with Crippen LogP contribution in [0.1, 0.15) is 47.8 Å². The van der Waals surface area contributed by atoms with Gasteiger partial charge in [-0.2, -0.15) is 0 Å². The molecule has 0 aliphatic carbocycles. The highest BCUT2D eigenvalue weighted by molar-refractivity contribution is 6.34. The van der Waals surface area contributed by atoms with Gasteiger partial charge in [-0.15, -0.1) is 0 Å². The molecule has 1 amide bonds. The minimum absolute atomic E-state index is 0.0827. The monoisotopic (exact) mass is 374 g/mol. The molecule has 1 heterocycles. The number of hydrogen-bond acceptors (Lipinski definition) is 4. The van der Waals surface area contributed by atoms with Gasteiger partial charge in [-0.25, -0.2) is 0 Å². The average molecular weight is 375 g/mol. The van der Waals surface area contributed by atoms with E-state index < -0.39 is 16.4 Å². The number of ether oxygens (including phenoxy) is 1. The molecule has 1 aliphatic heterocycles. The second-order valence-corrected chi connectivity index (χ2v) is 7.46. The molecule has 0 saturated heterocycles. The number of rotatable bonds is 3. The van der Waals surface area contributed by atoms with E-state index in [9.17, 15) is 14.9 Å².